The number of carbonyl (C=O) groups excluding carboxylic acids is 1. The summed E-state index contributed by atoms with van der Waals surface area (Å²) in [6, 6.07) is 19.2. The zero-order valence-electron chi connectivity index (χ0n) is 25.9. The second-order valence-corrected chi connectivity index (χ2v) is 15.2. The minimum Gasteiger partial charge on any atom is -0.480 e. The van der Waals surface area contributed by atoms with Gasteiger partial charge in [-0.25, -0.2) is 18.0 Å². The molecule has 3 aromatic carbocycles. The van der Waals surface area contributed by atoms with Crippen LogP contribution in [0.5, 0.6) is 0 Å². The van der Waals surface area contributed by atoms with Crippen molar-refractivity contribution in [2.45, 2.75) is 62.6 Å². The molecule has 1 saturated carbocycles. The lowest BCUT2D eigenvalue weighted by Crippen LogP contribution is -2.50. The summed E-state index contributed by atoms with van der Waals surface area (Å²) >= 11 is 6.01. The molecule has 5 rings (SSSR count). The van der Waals surface area contributed by atoms with Crippen LogP contribution < -0.4 is 0 Å². The molecule has 2 aliphatic rings. The molecule has 0 unspecified atom stereocenters. The second-order valence-electron chi connectivity index (χ2n) is 12.9. The Hall–Kier alpha value is -3.93. The molecule has 46 heavy (non-hydrogen) atoms. The first-order valence-electron chi connectivity index (χ1n) is 15.0. The topological polar surface area (TPSA) is 142 Å². The summed E-state index contributed by atoms with van der Waals surface area (Å²) in [7, 11) is -4.39. The first kappa shape index (κ1) is 33.4. The fourth-order valence-corrected chi connectivity index (χ4v) is 8.18. The van der Waals surface area contributed by atoms with Gasteiger partial charge in [-0.05, 0) is 105 Å². The normalized spacial score (nSPS) is 20.4. The molecular weight excluding hydrogens is 632 g/mol. The van der Waals surface area contributed by atoms with E-state index in [1.165, 1.54) is 30.3 Å². The molecule has 2 atom stereocenters. The molecule has 10 nitrogen and oxygen atoms in total. The van der Waals surface area contributed by atoms with E-state index in [-0.39, 0.29) is 29.3 Å². The van der Waals surface area contributed by atoms with Crippen molar-refractivity contribution in [3.05, 3.63) is 88.9 Å². The van der Waals surface area contributed by atoms with Crippen LogP contribution in [-0.4, -0.2) is 70.1 Å². The summed E-state index contributed by atoms with van der Waals surface area (Å²) in [4.78, 5) is 38.9. The van der Waals surface area contributed by atoms with Gasteiger partial charge in [-0.1, -0.05) is 48.0 Å². The molecular formula is C34H37ClN2O8S. The van der Waals surface area contributed by atoms with Crippen LogP contribution >= 0.6 is 11.6 Å². The Bertz CT molecular complexity index is 1730. The van der Waals surface area contributed by atoms with Crippen LogP contribution in [0.25, 0.3) is 11.1 Å². The van der Waals surface area contributed by atoms with Gasteiger partial charge in [0.05, 0.1) is 10.5 Å². The van der Waals surface area contributed by atoms with Crippen LogP contribution in [-0.2, 0) is 26.1 Å². The number of ether oxygens (including phenoxy) is 1. The number of carboxylic acid groups (broad SMARTS) is 2. The summed E-state index contributed by atoms with van der Waals surface area (Å²) in [5, 5.41) is 20.8. The second kappa shape index (κ2) is 12.7. The van der Waals surface area contributed by atoms with Crippen molar-refractivity contribution in [2.24, 2.45) is 11.8 Å². The zero-order valence-corrected chi connectivity index (χ0v) is 27.4. The largest absolute Gasteiger partial charge is 0.480 e. The minimum absolute atomic E-state index is 0.0339. The van der Waals surface area contributed by atoms with E-state index in [1.807, 2.05) is 12.1 Å². The molecule has 1 amide bonds. The van der Waals surface area contributed by atoms with E-state index < -0.39 is 45.1 Å². The van der Waals surface area contributed by atoms with Crippen LogP contribution in [0.2, 0.25) is 5.02 Å². The quantitative estimate of drug-likeness (QED) is 0.267. The molecule has 0 radical (unpaired) electrons. The average Bonchev–Trinajstić information content (AvgIpc) is 3.76. The molecule has 1 saturated heterocycles. The fraction of sp³-hybridized carbons (Fsp3) is 0.382. The number of nitrogens with zero attached hydrogens (tertiary/aromatic N) is 2. The van der Waals surface area contributed by atoms with Gasteiger partial charge in [0.2, 0.25) is 10.0 Å². The number of sulfonamides is 1. The first-order chi connectivity index (χ1) is 21.6. The lowest BCUT2D eigenvalue weighted by molar-refractivity contribution is -0.144. The van der Waals surface area contributed by atoms with E-state index in [2.05, 4.69) is 0 Å². The molecule has 1 aliphatic heterocycles. The summed E-state index contributed by atoms with van der Waals surface area (Å²) in [6.07, 6.45) is 0.657. The number of aromatic carboxylic acids is 1. The van der Waals surface area contributed by atoms with Gasteiger partial charge in [0.15, 0.2) is 0 Å². The van der Waals surface area contributed by atoms with E-state index in [0.717, 1.165) is 15.4 Å². The maximum Gasteiger partial charge on any atom is 0.410 e. The third-order valence-corrected chi connectivity index (χ3v) is 10.8. The molecule has 2 N–H and O–H groups in total. The van der Waals surface area contributed by atoms with Crippen molar-refractivity contribution in [2.75, 3.05) is 13.1 Å². The highest BCUT2D eigenvalue weighted by Crippen LogP contribution is 2.57. The Morgan fingerprint density at radius 2 is 1.54 bits per heavy atom. The number of amides is 1. The number of likely N-dealkylation sites (tertiary alicyclic amines) is 1. The maximum absolute atomic E-state index is 14.4. The minimum atomic E-state index is -4.39. The lowest BCUT2D eigenvalue weighted by atomic mass is 9.89. The summed E-state index contributed by atoms with van der Waals surface area (Å²) in [6.45, 7) is 5.76. The molecule has 0 bridgehead atoms. The van der Waals surface area contributed by atoms with Gasteiger partial charge < -0.3 is 19.8 Å². The van der Waals surface area contributed by atoms with E-state index in [1.54, 1.807) is 56.0 Å². The van der Waals surface area contributed by atoms with Crippen molar-refractivity contribution in [1.82, 2.24) is 9.21 Å². The van der Waals surface area contributed by atoms with E-state index >= 15 is 0 Å². The SMILES string of the molecule is CC(C)(C)OC(=O)N1CCC([C@H]2C[C@]2(C(=O)O)N(Cc2cccc(C(=O)O)c2)S(=O)(=O)c2ccc(-c3ccc(Cl)cc3)cc2)CC1. The summed E-state index contributed by atoms with van der Waals surface area (Å²) in [5.74, 6) is -3.09. The van der Waals surface area contributed by atoms with Crippen molar-refractivity contribution < 1.29 is 37.8 Å². The summed E-state index contributed by atoms with van der Waals surface area (Å²) < 4.78 is 35.3. The number of piperidine rings is 1. The van der Waals surface area contributed by atoms with E-state index in [9.17, 15) is 33.0 Å². The van der Waals surface area contributed by atoms with E-state index in [4.69, 9.17) is 16.3 Å². The van der Waals surface area contributed by atoms with Gasteiger partial charge in [0.25, 0.3) is 0 Å². The highest BCUT2D eigenvalue weighted by Gasteiger charge is 2.69. The van der Waals surface area contributed by atoms with Crippen LogP contribution in [0, 0.1) is 11.8 Å². The zero-order chi connectivity index (χ0) is 33.4. The van der Waals surface area contributed by atoms with Gasteiger partial charge in [-0.15, -0.1) is 0 Å². The Morgan fingerprint density at radius 3 is 2.09 bits per heavy atom. The van der Waals surface area contributed by atoms with Crippen LogP contribution in [0.1, 0.15) is 56.0 Å². The van der Waals surface area contributed by atoms with Gasteiger partial charge >= 0.3 is 18.0 Å². The Kier molecular flexibility index (Phi) is 9.23. The smallest absolute Gasteiger partial charge is 0.410 e. The molecule has 2 fully saturated rings. The molecule has 1 heterocycles. The molecule has 244 valence electrons. The molecule has 0 spiro atoms. The number of aliphatic carboxylic acids is 1. The number of benzene rings is 3. The fourth-order valence-electron chi connectivity index (χ4n) is 6.28. The van der Waals surface area contributed by atoms with Crippen LogP contribution in [0.4, 0.5) is 4.79 Å². The predicted octanol–water partition coefficient (Wildman–Crippen LogP) is 6.39. The maximum atomic E-state index is 14.4. The van der Waals surface area contributed by atoms with Crippen molar-refractivity contribution >= 4 is 39.7 Å². The Labute approximate surface area is 273 Å². The Balaban J connectivity index is 1.46. The third-order valence-electron chi connectivity index (χ3n) is 8.68. The van der Waals surface area contributed by atoms with Gasteiger partial charge in [-0.2, -0.15) is 4.31 Å². The number of carboxylic acids is 2. The predicted molar refractivity (Wildman–Crippen MR) is 172 cm³/mol. The van der Waals surface area contributed by atoms with Gasteiger partial charge in [-0.3, -0.25) is 4.79 Å². The number of hydrogen-bond donors (Lipinski definition) is 2. The monoisotopic (exact) mass is 668 g/mol. The van der Waals surface area contributed by atoms with Crippen LogP contribution in [0.15, 0.2) is 77.7 Å². The van der Waals surface area contributed by atoms with E-state index in [0.29, 0.717) is 36.5 Å². The van der Waals surface area contributed by atoms with Gasteiger partial charge in [0, 0.05) is 24.7 Å². The van der Waals surface area contributed by atoms with Gasteiger partial charge in [0.1, 0.15) is 11.1 Å². The number of carbonyl (C=O) groups is 3. The lowest BCUT2D eigenvalue weighted by Gasteiger charge is -2.35. The highest BCUT2D eigenvalue weighted by molar-refractivity contribution is 7.89. The number of rotatable bonds is 9. The molecule has 12 heteroatoms. The Morgan fingerprint density at radius 1 is 0.957 bits per heavy atom. The molecule has 1 aliphatic carbocycles. The van der Waals surface area contributed by atoms with Crippen LogP contribution in [0.3, 0.4) is 0 Å². The highest BCUT2D eigenvalue weighted by atomic mass is 35.5. The average molecular weight is 669 g/mol. The third kappa shape index (κ3) is 6.91. The van der Waals surface area contributed by atoms with Crippen molar-refractivity contribution in [3.8, 4) is 11.1 Å². The number of halogens is 1. The summed E-state index contributed by atoms with van der Waals surface area (Å²) in [5.41, 5.74) is -0.488. The molecule has 0 aromatic heterocycles. The van der Waals surface area contributed by atoms with Crippen molar-refractivity contribution in [3.63, 3.8) is 0 Å². The molecule has 3 aromatic rings. The van der Waals surface area contributed by atoms with Crippen molar-refractivity contribution in [1.29, 1.82) is 0 Å². The first-order valence-corrected chi connectivity index (χ1v) is 16.9. The standard InChI is InChI=1S/C34H37ClN2O8S/c1-33(2,3)45-32(42)36-17-15-25(16-18-36)29-20-34(29,31(40)41)37(21-22-5-4-6-26(19-22)30(38)39)46(43,44)28-13-9-24(10-14-28)23-7-11-27(35)12-8-23/h4-14,19,25,29H,15-18,20-21H2,1-3H3,(H,38,39)(H,40,41)/t29-,34+/m1/s1. The number of hydrogen-bond acceptors (Lipinski definition) is 6.